The monoisotopic (exact) mass is 210 g/mol. The van der Waals surface area contributed by atoms with Crippen LogP contribution in [0.2, 0.25) is 0 Å². The molecule has 0 aliphatic heterocycles. The van der Waals surface area contributed by atoms with E-state index in [-0.39, 0.29) is 23.8 Å². The van der Waals surface area contributed by atoms with Gasteiger partial charge in [-0.05, 0) is 29.9 Å². The second-order valence-corrected chi connectivity index (χ2v) is 4.51. The van der Waals surface area contributed by atoms with E-state index in [1.807, 2.05) is 26.8 Å². The van der Waals surface area contributed by atoms with Crippen molar-refractivity contribution in [1.82, 2.24) is 0 Å². The SMILES string of the molecule is CC(C)C(O)C(C)Cc1ccccc1F. The first-order chi connectivity index (χ1) is 7.02. The molecule has 0 radical (unpaired) electrons. The Hall–Kier alpha value is -0.890. The first-order valence-electron chi connectivity index (χ1n) is 5.44. The first-order valence-corrected chi connectivity index (χ1v) is 5.44. The van der Waals surface area contributed by atoms with E-state index in [1.54, 1.807) is 12.1 Å². The molecule has 0 amide bonds. The van der Waals surface area contributed by atoms with Gasteiger partial charge in [0.25, 0.3) is 0 Å². The van der Waals surface area contributed by atoms with E-state index in [0.29, 0.717) is 12.0 Å². The zero-order chi connectivity index (χ0) is 11.4. The van der Waals surface area contributed by atoms with E-state index in [2.05, 4.69) is 0 Å². The Morgan fingerprint density at radius 2 is 1.80 bits per heavy atom. The molecule has 0 spiro atoms. The molecule has 0 heterocycles. The van der Waals surface area contributed by atoms with Gasteiger partial charge in [-0.3, -0.25) is 0 Å². The lowest BCUT2D eigenvalue weighted by molar-refractivity contribution is 0.0720. The summed E-state index contributed by atoms with van der Waals surface area (Å²) >= 11 is 0. The number of aliphatic hydroxyl groups excluding tert-OH is 1. The van der Waals surface area contributed by atoms with Gasteiger partial charge in [-0.1, -0.05) is 39.0 Å². The minimum atomic E-state index is -0.371. The molecule has 0 saturated heterocycles. The fraction of sp³-hybridized carbons (Fsp3) is 0.538. The summed E-state index contributed by atoms with van der Waals surface area (Å²) in [6, 6.07) is 6.75. The van der Waals surface area contributed by atoms with Crippen LogP contribution in [0.15, 0.2) is 24.3 Å². The van der Waals surface area contributed by atoms with Gasteiger partial charge in [-0.25, -0.2) is 4.39 Å². The highest BCUT2D eigenvalue weighted by Gasteiger charge is 2.19. The Morgan fingerprint density at radius 1 is 1.20 bits per heavy atom. The van der Waals surface area contributed by atoms with Crippen molar-refractivity contribution in [3.05, 3.63) is 35.6 Å². The summed E-state index contributed by atoms with van der Waals surface area (Å²) in [4.78, 5) is 0. The van der Waals surface area contributed by atoms with Gasteiger partial charge >= 0.3 is 0 Å². The molecule has 0 fully saturated rings. The van der Waals surface area contributed by atoms with E-state index in [1.165, 1.54) is 6.07 Å². The number of benzene rings is 1. The average molecular weight is 210 g/mol. The normalized spacial score (nSPS) is 15.3. The molecule has 1 N–H and O–H groups in total. The van der Waals surface area contributed by atoms with Crippen molar-refractivity contribution in [1.29, 1.82) is 0 Å². The van der Waals surface area contributed by atoms with Gasteiger partial charge in [-0.15, -0.1) is 0 Å². The van der Waals surface area contributed by atoms with Crippen molar-refractivity contribution in [2.75, 3.05) is 0 Å². The molecular formula is C13H19FO. The van der Waals surface area contributed by atoms with Crippen LogP contribution < -0.4 is 0 Å². The van der Waals surface area contributed by atoms with Crippen LogP contribution in [-0.2, 0) is 6.42 Å². The lowest BCUT2D eigenvalue weighted by atomic mass is 9.89. The van der Waals surface area contributed by atoms with Crippen LogP contribution in [0.5, 0.6) is 0 Å². The molecule has 0 bridgehead atoms. The van der Waals surface area contributed by atoms with Gasteiger partial charge in [0.05, 0.1) is 6.10 Å². The molecule has 2 unspecified atom stereocenters. The predicted molar refractivity (Wildman–Crippen MR) is 60.1 cm³/mol. The van der Waals surface area contributed by atoms with E-state index in [0.717, 1.165) is 0 Å². The Morgan fingerprint density at radius 3 is 2.33 bits per heavy atom. The molecule has 0 aliphatic carbocycles. The highest BCUT2D eigenvalue weighted by atomic mass is 19.1. The highest BCUT2D eigenvalue weighted by molar-refractivity contribution is 5.17. The zero-order valence-electron chi connectivity index (χ0n) is 9.57. The minimum Gasteiger partial charge on any atom is -0.393 e. The zero-order valence-corrected chi connectivity index (χ0v) is 9.57. The van der Waals surface area contributed by atoms with Crippen LogP contribution in [0.4, 0.5) is 4.39 Å². The standard InChI is InChI=1S/C13H19FO/c1-9(2)13(15)10(3)8-11-6-4-5-7-12(11)14/h4-7,9-10,13,15H,8H2,1-3H3. The van der Waals surface area contributed by atoms with Gasteiger partial charge in [0.2, 0.25) is 0 Å². The molecule has 0 aromatic heterocycles. The summed E-state index contributed by atoms with van der Waals surface area (Å²) < 4.78 is 13.3. The van der Waals surface area contributed by atoms with Crippen molar-refractivity contribution < 1.29 is 9.50 Å². The minimum absolute atomic E-state index is 0.0851. The maximum atomic E-state index is 13.3. The number of rotatable bonds is 4. The van der Waals surface area contributed by atoms with Gasteiger partial charge < -0.3 is 5.11 Å². The highest BCUT2D eigenvalue weighted by Crippen LogP contribution is 2.19. The predicted octanol–water partition coefficient (Wildman–Crippen LogP) is 3.02. The quantitative estimate of drug-likeness (QED) is 0.810. The molecule has 1 aromatic rings. The largest absolute Gasteiger partial charge is 0.393 e. The van der Waals surface area contributed by atoms with E-state index >= 15 is 0 Å². The summed E-state index contributed by atoms with van der Waals surface area (Å²) in [7, 11) is 0. The third kappa shape index (κ3) is 3.31. The molecule has 1 nitrogen and oxygen atoms in total. The second-order valence-electron chi connectivity index (χ2n) is 4.51. The van der Waals surface area contributed by atoms with Crippen LogP contribution in [0.1, 0.15) is 26.3 Å². The number of hydrogen-bond donors (Lipinski definition) is 1. The third-order valence-corrected chi connectivity index (χ3v) is 2.77. The fourth-order valence-electron chi connectivity index (χ4n) is 1.79. The van der Waals surface area contributed by atoms with Crippen LogP contribution >= 0.6 is 0 Å². The topological polar surface area (TPSA) is 20.2 Å². The molecule has 1 rings (SSSR count). The van der Waals surface area contributed by atoms with Crippen LogP contribution in [0, 0.1) is 17.7 Å². The second kappa shape index (κ2) is 5.26. The summed E-state index contributed by atoms with van der Waals surface area (Å²) in [6.07, 6.45) is 0.219. The first kappa shape index (κ1) is 12.2. The summed E-state index contributed by atoms with van der Waals surface area (Å²) in [5.74, 6) is 0.119. The average Bonchev–Trinajstić information content (AvgIpc) is 2.20. The molecule has 0 aliphatic rings. The van der Waals surface area contributed by atoms with Gasteiger partial charge in [0.15, 0.2) is 0 Å². The molecule has 15 heavy (non-hydrogen) atoms. The third-order valence-electron chi connectivity index (χ3n) is 2.77. The molecule has 1 aromatic carbocycles. The van der Waals surface area contributed by atoms with Crippen molar-refractivity contribution in [3.8, 4) is 0 Å². The maximum Gasteiger partial charge on any atom is 0.126 e. The Labute approximate surface area is 90.9 Å². The summed E-state index contributed by atoms with van der Waals surface area (Å²) in [5.41, 5.74) is 0.685. The van der Waals surface area contributed by atoms with Crippen molar-refractivity contribution in [2.24, 2.45) is 11.8 Å². The Bertz CT molecular complexity index is 309. The van der Waals surface area contributed by atoms with E-state index < -0.39 is 0 Å². The fourth-order valence-corrected chi connectivity index (χ4v) is 1.79. The molecular weight excluding hydrogens is 191 g/mol. The molecule has 84 valence electrons. The van der Waals surface area contributed by atoms with E-state index in [4.69, 9.17) is 0 Å². The smallest absolute Gasteiger partial charge is 0.126 e. The number of hydrogen-bond acceptors (Lipinski definition) is 1. The van der Waals surface area contributed by atoms with Crippen molar-refractivity contribution >= 4 is 0 Å². The molecule has 0 saturated carbocycles. The van der Waals surface area contributed by atoms with Gasteiger partial charge in [-0.2, -0.15) is 0 Å². The van der Waals surface area contributed by atoms with Crippen LogP contribution in [-0.4, -0.2) is 11.2 Å². The van der Waals surface area contributed by atoms with Gasteiger partial charge in [0.1, 0.15) is 5.82 Å². The molecule has 2 atom stereocenters. The van der Waals surface area contributed by atoms with Crippen molar-refractivity contribution in [3.63, 3.8) is 0 Å². The van der Waals surface area contributed by atoms with Crippen LogP contribution in [0.25, 0.3) is 0 Å². The van der Waals surface area contributed by atoms with Gasteiger partial charge in [0, 0.05) is 0 Å². The Kier molecular flexibility index (Phi) is 4.28. The number of aliphatic hydroxyl groups is 1. The summed E-state index contributed by atoms with van der Waals surface area (Å²) in [6.45, 7) is 5.90. The van der Waals surface area contributed by atoms with Crippen molar-refractivity contribution in [2.45, 2.75) is 33.3 Å². The van der Waals surface area contributed by atoms with Crippen LogP contribution in [0.3, 0.4) is 0 Å². The number of halogens is 1. The maximum absolute atomic E-state index is 13.3. The Balaban J connectivity index is 2.66. The molecule has 2 heteroatoms. The lowest BCUT2D eigenvalue weighted by Crippen LogP contribution is -2.25. The lowest BCUT2D eigenvalue weighted by Gasteiger charge is -2.22. The summed E-state index contributed by atoms with van der Waals surface area (Å²) in [5, 5.41) is 9.82. The van der Waals surface area contributed by atoms with E-state index in [9.17, 15) is 9.50 Å².